The van der Waals surface area contributed by atoms with Gasteiger partial charge in [0.2, 0.25) is 0 Å². The zero-order chi connectivity index (χ0) is 7.98. The van der Waals surface area contributed by atoms with Crippen molar-refractivity contribution in [2.75, 3.05) is 20.3 Å². The van der Waals surface area contributed by atoms with Crippen LogP contribution < -0.4 is 5.32 Å². The maximum absolute atomic E-state index is 8.47. The maximum atomic E-state index is 8.47. The molecule has 0 aliphatic rings. The molecular weight excluding hydrogens is 130 g/mol. The number of aliphatic hydroxyl groups is 1. The molecule has 0 aliphatic heterocycles. The van der Waals surface area contributed by atoms with Gasteiger partial charge in [-0.1, -0.05) is 0 Å². The van der Waals surface area contributed by atoms with E-state index < -0.39 is 0 Å². The van der Waals surface area contributed by atoms with E-state index in [9.17, 15) is 0 Å². The smallest absolute Gasteiger partial charge is 0.0693 e. The summed E-state index contributed by atoms with van der Waals surface area (Å²) in [7, 11) is 1.68. The second kappa shape index (κ2) is 5.65. The molecule has 0 bridgehead atoms. The SMILES string of the molecule is COC(C)C(C)NCCO. The fourth-order valence-electron chi connectivity index (χ4n) is 0.662. The maximum Gasteiger partial charge on any atom is 0.0693 e. The van der Waals surface area contributed by atoms with E-state index in [0.717, 1.165) is 0 Å². The van der Waals surface area contributed by atoms with Gasteiger partial charge >= 0.3 is 0 Å². The normalized spacial score (nSPS) is 16.8. The first-order chi connectivity index (χ1) is 4.72. The molecule has 0 fully saturated rings. The van der Waals surface area contributed by atoms with Crippen LogP contribution in [-0.2, 0) is 4.74 Å². The molecule has 0 saturated carbocycles. The highest BCUT2D eigenvalue weighted by atomic mass is 16.5. The standard InChI is InChI=1S/C7H17NO2/c1-6(7(2)10-3)8-4-5-9/h6-9H,4-5H2,1-3H3. The average molecular weight is 147 g/mol. The van der Waals surface area contributed by atoms with Crippen LogP contribution in [0.4, 0.5) is 0 Å². The molecule has 2 unspecified atom stereocenters. The molecule has 10 heavy (non-hydrogen) atoms. The van der Waals surface area contributed by atoms with Crippen LogP contribution in [0.5, 0.6) is 0 Å². The van der Waals surface area contributed by atoms with Crippen LogP contribution in [0.2, 0.25) is 0 Å². The van der Waals surface area contributed by atoms with Gasteiger partial charge in [-0.25, -0.2) is 0 Å². The highest BCUT2D eigenvalue weighted by Crippen LogP contribution is 1.94. The Morgan fingerprint density at radius 3 is 2.50 bits per heavy atom. The van der Waals surface area contributed by atoms with Gasteiger partial charge in [-0.05, 0) is 13.8 Å². The summed E-state index contributed by atoms with van der Waals surface area (Å²) in [6, 6.07) is 0.303. The van der Waals surface area contributed by atoms with E-state index in [1.807, 2.05) is 13.8 Å². The fourth-order valence-corrected chi connectivity index (χ4v) is 0.662. The minimum atomic E-state index is 0.181. The van der Waals surface area contributed by atoms with Crippen molar-refractivity contribution in [3.63, 3.8) is 0 Å². The Bertz CT molecular complexity index is 78.0. The summed E-state index contributed by atoms with van der Waals surface area (Å²) < 4.78 is 5.06. The van der Waals surface area contributed by atoms with Gasteiger partial charge in [-0.3, -0.25) is 0 Å². The molecule has 0 aliphatic carbocycles. The largest absolute Gasteiger partial charge is 0.395 e. The zero-order valence-corrected chi connectivity index (χ0v) is 6.92. The van der Waals surface area contributed by atoms with Crippen molar-refractivity contribution in [1.29, 1.82) is 0 Å². The number of ether oxygens (including phenoxy) is 1. The number of rotatable bonds is 5. The van der Waals surface area contributed by atoms with Crippen molar-refractivity contribution in [3.8, 4) is 0 Å². The predicted octanol–water partition coefficient (Wildman–Crippen LogP) is -0.00830. The number of hydrogen-bond donors (Lipinski definition) is 2. The van der Waals surface area contributed by atoms with E-state index in [0.29, 0.717) is 12.6 Å². The Balaban J connectivity index is 3.31. The first kappa shape index (κ1) is 9.88. The molecule has 0 heterocycles. The van der Waals surface area contributed by atoms with E-state index in [-0.39, 0.29) is 12.7 Å². The summed E-state index contributed by atoms with van der Waals surface area (Å²) in [5, 5.41) is 11.6. The lowest BCUT2D eigenvalue weighted by Crippen LogP contribution is -2.38. The summed E-state index contributed by atoms with van der Waals surface area (Å²) in [5.74, 6) is 0. The summed E-state index contributed by atoms with van der Waals surface area (Å²) in [6.07, 6.45) is 0.201. The lowest BCUT2D eigenvalue weighted by Gasteiger charge is -2.18. The van der Waals surface area contributed by atoms with Gasteiger partial charge in [0.1, 0.15) is 0 Å². The third-order valence-electron chi connectivity index (χ3n) is 1.65. The Labute approximate surface area is 62.4 Å². The molecule has 3 heteroatoms. The molecule has 0 spiro atoms. The van der Waals surface area contributed by atoms with Crippen LogP contribution in [0.25, 0.3) is 0 Å². The molecule has 3 nitrogen and oxygen atoms in total. The predicted molar refractivity (Wildman–Crippen MR) is 41.0 cm³/mol. The van der Waals surface area contributed by atoms with Crippen molar-refractivity contribution < 1.29 is 9.84 Å². The van der Waals surface area contributed by atoms with E-state index in [1.54, 1.807) is 7.11 Å². The zero-order valence-electron chi connectivity index (χ0n) is 6.92. The van der Waals surface area contributed by atoms with Crippen LogP contribution in [0, 0.1) is 0 Å². The monoisotopic (exact) mass is 147 g/mol. The third kappa shape index (κ3) is 3.82. The Hall–Kier alpha value is -0.120. The van der Waals surface area contributed by atoms with Crippen LogP contribution in [0.15, 0.2) is 0 Å². The molecule has 2 atom stereocenters. The van der Waals surface area contributed by atoms with Gasteiger partial charge in [-0.2, -0.15) is 0 Å². The quantitative estimate of drug-likeness (QED) is 0.575. The minimum Gasteiger partial charge on any atom is -0.395 e. The van der Waals surface area contributed by atoms with Crippen molar-refractivity contribution in [2.45, 2.75) is 26.0 Å². The molecule has 0 rings (SSSR count). The van der Waals surface area contributed by atoms with Gasteiger partial charge < -0.3 is 15.2 Å². The molecule has 0 saturated heterocycles. The Kier molecular flexibility index (Phi) is 5.58. The molecule has 2 N–H and O–H groups in total. The molecule has 0 aromatic rings. The summed E-state index contributed by atoms with van der Waals surface area (Å²) in [5.41, 5.74) is 0. The molecular formula is C7H17NO2. The molecule has 62 valence electrons. The van der Waals surface area contributed by atoms with Gasteiger partial charge in [0.15, 0.2) is 0 Å². The first-order valence-corrected chi connectivity index (χ1v) is 3.59. The molecule has 0 radical (unpaired) electrons. The number of aliphatic hydroxyl groups excluding tert-OH is 1. The molecule has 0 amide bonds. The van der Waals surface area contributed by atoms with Crippen LogP contribution in [0.1, 0.15) is 13.8 Å². The van der Waals surface area contributed by atoms with Crippen LogP contribution >= 0.6 is 0 Å². The lowest BCUT2D eigenvalue weighted by atomic mass is 10.2. The van der Waals surface area contributed by atoms with Crippen molar-refractivity contribution in [1.82, 2.24) is 5.32 Å². The van der Waals surface area contributed by atoms with Crippen molar-refractivity contribution in [2.24, 2.45) is 0 Å². The van der Waals surface area contributed by atoms with Gasteiger partial charge in [0, 0.05) is 19.7 Å². The van der Waals surface area contributed by atoms with E-state index in [2.05, 4.69) is 5.32 Å². The first-order valence-electron chi connectivity index (χ1n) is 3.59. The Morgan fingerprint density at radius 2 is 2.10 bits per heavy atom. The summed E-state index contributed by atoms with van der Waals surface area (Å²) in [4.78, 5) is 0. The number of nitrogens with one attached hydrogen (secondary N) is 1. The van der Waals surface area contributed by atoms with E-state index >= 15 is 0 Å². The van der Waals surface area contributed by atoms with Crippen molar-refractivity contribution in [3.05, 3.63) is 0 Å². The highest BCUT2D eigenvalue weighted by molar-refractivity contribution is 4.66. The van der Waals surface area contributed by atoms with Crippen LogP contribution in [0.3, 0.4) is 0 Å². The van der Waals surface area contributed by atoms with Gasteiger partial charge in [0.05, 0.1) is 12.7 Å². The fraction of sp³-hybridized carbons (Fsp3) is 1.00. The van der Waals surface area contributed by atoms with Crippen LogP contribution in [-0.4, -0.2) is 37.5 Å². The van der Waals surface area contributed by atoms with E-state index in [4.69, 9.17) is 9.84 Å². The second-order valence-electron chi connectivity index (χ2n) is 2.41. The topological polar surface area (TPSA) is 41.5 Å². The highest BCUT2D eigenvalue weighted by Gasteiger charge is 2.08. The lowest BCUT2D eigenvalue weighted by molar-refractivity contribution is 0.0869. The molecule has 0 aromatic carbocycles. The molecule has 0 aromatic heterocycles. The summed E-state index contributed by atoms with van der Waals surface area (Å²) >= 11 is 0. The second-order valence-corrected chi connectivity index (χ2v) is 2.41. The third-order valence-corrected chi connectivity index (χ3v) is 1.65. The Morgan fingerprint density at radius 1 is 1.50 bits per heavy atom. The summed E-state index contributed by atoms with van der Waals surface area (Å²) in [6.45, 7) is 4.84. The minimum absolute atomic E-state index is 0.181. The van der Waals surface area contributed by atoms with Crippen molar-refractivity contribution >= 4 is 0 Å². The number of hydrogen-bond acceptors (Lipinski definition) is 3. The average Bonchev–Trinajstić information content (AvgIpc) is 1.98. The number of methoxy groups -OCH3 is 1. The van der Waals surface area contributed by atoms with Gasteiger partial charge in [-0.15, -0.1) is 0 Å². The van der Waals surface area contributed by atoms with Gasteiger partial charge in [0.25, 0.3) is 0 Å². The van der Waals surface area contributed by atoms with E-state index in [1.165, 1.54) is 0 Å².